The first kappa shape index (κ1) is 10.6. The van der Waals surface area contributed by atoms with Crippen LogP contribution in [0.5, 0.6) is 0 Å². The first-order valence-electron chi connectivity index (χ1n) is 3.96. The van der Waals surface area contributed by atoms with Gasteiger partial charge < -0.3 is 0 Å². The number of benzene rings is 1. The summed E-state index contributed by atoms with van der Waals surface area (Å²) in [6, 6.07) is 5.66. The average Bonchev–Trinajstić information content (AvgIpc) is 2.03. The molecule has 0 aliphatic heterocycles. The Morgan fingerprint density at radius 3 is 2.77 bits per heavy atom. The smallest absolute Gasteiger partial charge is 0.134 e. The van der Waals surface area contributed by atoms with Crippen LogP contribution in [0, 0.1) is 0 Å². The Hall–Kier alpha value is -0.470. The molecule has 0 amide bonds. The fraction of sp³-hybridized carbons (Fsp3) is 0.300. The summed E-state index contributed by atoms with van der Waals surface area (Å²) >= 11 is 7.56. The topological polar surface area (TPSA) is 17.1 Å². The van der Waals surface area contributed by atoms with Crippen LogP contribution in [-0.2, 0) is 11.2 Å². The molecule has 0 saturated carbocycles. The molecule has 0 spiro atoms. The molecule has 0 aromatic heterocycles. The molecule has 3 heteroatoms. The highest BCUT2D eigenvalue weighted by atomic mass is 35.5. The van der Waals surface area contributed by atoms with E-state index in [2.05, 4.69) is 0 Å². The molecule has 0 aliphatic rings. The normalized spacial score (nSPS) is 10.1. The quantitative estimate of drug-likeness (QED) is 0.719. The van der Waals surface area contributed by atoms with E-state index in [1.54, 1.807) is 18.7 Å². The molecular formula is C10H11ClOS. The largest absolute Gasteiger partial charge is 0.300 e. The van der Waals surface area contributed by atoms with E-state index < -0.39 is 0 Å². The maximum Gasteiger partial charge on any atom is 0.134 e. The molecule has 70 valence electrons. The fourth-order valence-electron chi connectivity index (χ4n) is 1.19. The minimum atomic E-state index is 0.164. The molecule has 0 bridgehead atoms. The Labute approximate surface area is 87.5 Å². The molecule has 0 unspecified atom stereocenters. The van der Waals surface area contributed by atoms with E-state index in [0.29, 0.717) is 6.42 Å². The third-order valence-electron chi connectivity index (χ3n) is 1.69. The van der Waals surface area contributed by atoms with Gasteiger partial charge in [0.1, 0.15) is 5.78 Å². The number of hydrogen-bond donors (Lipinski definition) is 0. The van der Waals surface area contributed by atoms with E-state index in [1.165, 1.54) is 0 Å². The number of rotatable bonds is 3. The van der Waals surface area contributed by atoms with Crippen molar-refractivity contribution in [3.8, 4) is 0 Å². The lowest BCUT2D eigenvalue weighted by molar-refractivity contribution is -0.116. The minimum Gasteiger partial charge on any atom is -0.300 e. The third kappa shape index (κ3) is 2.75. The van der Waals surface area contributed by atoms with Crippen molar-refractivity contribution in [2.75, 3.05) is 6.26 Å². The Morgan fingerprint density at radius 1 is 1.54 bits per heavy atom. The third-order valence-corrected chi connectivity index (χ3v) is 3.01. The second-order valence-corrected chi connectivity index (χ2v) is 4.03. The molecule has 13 heavy (non-hydrogen) atoms. The van der Waals surface area contributed by atoms with Gasteiger partial charge >= 0.3 is 0 Å². The van der Waals surface area contributed by atoms with Crippen molar-refractivity contribution < 1.29 is 4.79 Å². The Morgan fingerprint density at radius 2 is 2.23 bits per heavy atom. The van der Waals surface area contributed by atoms with E-state index in [9.17, 15) is 4.79 Å². The van der Waals surface area contributed by atoms with E-state index >= 15 is 0 Å². The first-order chi connectivity index (χ1) is 6.15. The van der Waals surface area contributed by atoms with E-state index in [0.717, 1.165) is 15.5 Å². The number of thioether (sulfide) groups is 1. The molecule has 0 fully saturated rings. The predicted octanol–water partition coefficient (Wildman–Crippen LogP) is 3.19. The summed E-state index contributed by atoms with van der Waals surface area (Å²) < 4.78 is 0. The van der Waals surface area contributed by atoms with Crippen LogP contribution < -0.4 is 0 Å². The highest BCUT2D eigenvalue weighted by Crippen LogP contribution is 2.29. The maximum atomic E-state index is 10.9. The van der Waals surface area contributed by atoms with Crippen LogP contribution in [0.1, 0.15) is 12.5 Å². The van der Waals surface area contributed by atoms with Crippen molar-refractivity contribution in [3.63, 3.8) is 0 Å². The average molecular weight is 215 g/mol. The molecule has 1 aromatic carbocycles. The van der Waals surface area contributed by atoms with Crippen molar-refractivity contribution in [1.82, 2.24) is 0 Å². The Kier molecular flexibility index (Phi) is 3.82. The number of Topliss-reactive ketones (excluding diaryl/α,β-unsaturated/α-hetero) is 1. The van der Waals surface area contributed by atoms with Crippen LogP contribution >= 0.6 is 23.4 Å². The van der Waals surface area contributed by atoms with Gasteiger partial charge in [0.25, 0.3) is 0 Å². The van der Waals surface area contributed by atoms with Gasteiger partial charge in [0.15, 0.2) is 0 Å². The molecular weight excluding hydrogens is 204 g/mol. The van der Waals surface area contributed by atoms with Gasteiger partial charge in [0.2, 0.25) is 0 Å². The number of ketones is 1. The van der Waals surface area contributed by atoms with Crippen LogP contribution in [0.15, 0.2) is 23.1 Å². The van der Waals surface area contributed by atoms with Crippen molar-refractivity contribution in [2.24, 2.45) is 0 Å². The van der Waals surface area contributed by atoms with Crippen molar-refractivity contribution in [1.29, 1.82) is 0 Å². The summed E-state index contributed by atoms with van der Waals surface area (Å²) in [6.07, 6.45) is 2.43. The Bertz CT molecular complexity index is 323. The standard InChI is InChI=1S/C10H11ClOS/c1-7(12)6-8-4-3-5-9(11)10(8)13-2/h3-5H,6H2,1-2H3. The maximum absolute atomic E-state index is 10.9. The van der Waals surface area contributed by atoms with Gasteiger partial charge in [-0.3, -0.25) is 4.79 Å². The highest BCUT2D eigenvalue weighted by Gasteiger charge is 2.06. The molecule has 0 saturated heterocycles. The summed E-state index contributed by atoms with van der Waals surface area (Å²) in [5, 5.41) is 0.728. The van der Waals surface area contributed by atoms with Crippen LogP contribution in [0.2, 0.25) is 5.02 Å². The molecule has 1 rings (SSSR count). The summed E-state index contributed by atoms with van der Waals surface area (Å²) in [4.78, 5) is 12.0. The first-order valence-corrected chi connectivity index (χ1v) is 5.56. The van der Waals surface area contributed by atoms with Crippen LogP contribution in [0.25, 0.3) is 0 Å². The van der Waals surface area contributed by atoms with E-state index in [1.807, 2.05) is 24.5 Å². The number of carbonyl (C=O) groups is 1. The lowest BCUT2D eigenvalue weighted by Gasteiger charge is -2.06. The van der Waals surface area contributed by atoms with Crippen LogP contribution in [0.4, 0.5) is 0 Å². The van der Waals surface area contributed by atoms with Crippen LogP contribution in [0.3, 0.4) is 0 Å². The lowest BCUT2D eigenvalue weighted by atomic mass is 10.1. The molecule has 0 aliphatic carbocycles. The zero-order valence-corrected chi connectivity index (χ0v) is 9.21. The lowest BCUT2D eigenvalue weighted by Crippen LogP contribution is -1.98. The van der Waals surface area contributed by atoms with E-state index in [4.69, 9.17) is 11.6 Å². The van der Waals surface area contributed by atoms with Gasteiger partial charge in [-0.05, 0) is 24.8 Å². The molecule has 1 nitrogen and oxygen atoms in total. The van der Waals surface area contributed by atoms with Gasteiger partial charge in [0, 0.05) is 11.3 Å². The van der Waals surface area contributed by atoms with Gasteiger partial charge in [0.05, 0.1) is 5.02 Å². The minimum absolute atomic E-state index is 0.164. The molecule has 0 radical (unpaired) electrons. The van der Waals surface area contributed by atoms with Crippen molar-refractivity contribution in [2.45, 2.75) is 18.2 Å². The number of hydrogen-bond acceptors (Lipinski definition) is 2. The zero-order valence-electron chi connectivity index (χ0n) is 7.63. The summed E-state index contributed by atoms with van der Waals surface area (Å²) in [7, 11) is 0. The summed E-state index contributed by atoms with van der Waals surface area (Å²) in [5.41, 5.74) is 1.02. The van der Waals surface area contributed by atoms with Crippen molar-refractivity contribution in [3.05, 3.63) is 28.8 Å². The van der Waals surface area contributed by atoms with E-state index in [-0.39, 0.29) is 5.78 Å². The monoisotopic (exact) mass is 214 g/mol. The molecule has 1 aromatic rings. The molecule has 0 heterocycles. The molecule has 0 atom stereocenters. The van der Waals surface area contributed by atoms with Gasteiger partial charge in [-0.25, -0.2) is 0 Å². The predicted molar refractivity (Wildman–Crippen MR) is 57.6 cm³/mol. The van der Waals surface area contributed by atoms with Gasteiger partial charge in [-0.1, -0.05) is 23.7 Å². The fourth-order valence-corrected chi connectivity index (χ4v) is 2.28. The van der Waals surface area contributed by atoms with Crippen LogP contribution in [-0.4, -0.2) is 12.0 Å². The zero-order chi connectivity index (χ0) is 9.84. The second kappa shape index (κ2) is 4.68. The van der Waals surface area contributed by atoms with Gasteiger partial charge in [-0.15, -0.1) is 11.8 Å². The molecule has 0 N–H and O–H groups in total. The SMILES string of the molecule is CSc1c(Cl)cccc1CC(C)=O. The summed E-state index contributed by atoms with van der Waals surface area (Å²) in [6.45, 7) is 1.59. The number of halogens is 1. The van der Waals surface area contributed by atoms with Gasteiger partial charge in [-0.2, -0.15) is 0 Å². The second-order valence-electron chi connectivity index (χ2n) is 2.81. The Balaban J connectivity index is 3.05. The van der Waals surface area contributed by atoms with Crippen molar-refractivity contribution >= 4 is 29.1 Å². The number of carbonyl (C=O) groups excluding carboxylic acids is 1. The summed E-state index contributed by atoms with van der Waals surface area (Å²) in [5.74, 6) is 0.164. The highest BCUT2D eigenvalue weighted by molar-refractivity contribution is 7.98.